The number of amides is 1. The molecule has 0 bridgehead atoms. The minimum absolute atomic E-state index is 0.195. The average molecular weight is 211 g/mol. The molecular weight excluding hydrogens is 190 g/mol. The molecule has 3 nitrogen and oxygen atoms in total. The van der Waals surface area contributed by atoms with E-state index < -0.39 is 6.09 Å². The summed E-state index contributed by atoms with van der Waals surface area (Å²) in [5.41, 5.74) is 0. The van der Waals surface area contributed by atoms with Crippen LogP contribution in [0.1, 0.15) is 20.3 Å². The zero-order valence-electron chi connectivity index (χ0n) is 9.65. The molecule has 2 unspecified atom stereocenters. The third-order valence-corrected chi connectivity index (χ3v) is 2.44. The molecule has 0 aliphatic heterocycles. The largest absolute Gasteiger partial charge is 0.465 e. The molecule has 0 saturated heterocycles. The Bertz CT molecular complexity index is 226. The first-order valence-corrected chi connectivity index (χ1v) is 5.24. The lowest BCUT2D eigenvalue weighted by Crippen LogP contribution is -2.34. The van der Waals surface area contributed by atoms with Crippen molar-refractivity contribution < 1.29 is 9.90 Å². The first kappa shape index (κ1) is 13.8. The highest BCUT2D eigenvalue weighted by atomic mass is 16.4. The van der Waals surface area contributed by atoms with Gasteiger partial charge in [-0.05, 0) is 18.3 Å². The van der Waals surface area contributed by atoms with Crippen molar-refractivity contribution in [3.05, 3.63) is 25.3 Å². The van der Waals surface area contributed by atoms with E-state index in [2.05, 4.69) is 13.2 Å². The van der Waals surface area contributed by atoms with Crippen LogP contribution in [-0.4, -0.2) is 29.2 Å². The molecule has 1 N–H and O–H groups in total. The van der Waals surface area contributed by atoms with E-state index in [0.717, 1.165) is 6.42 Å². The quantitative estimate of drug-likeness (QED) is 0.658. The lowest BCUT2D eigenvalue weighted by atomic mass is 10.1. The molecule has 15 heavy (non-hydrogen) atoms. The second-order valence-electron chi connectivity index (χ2n) is 3.94. The van der Waals surface area contributed by atoms with Crippen molar-refractivity contribution >= 4 is 6.09 Å². The summed E-state index contributed by atoms with van der Waals surface area (Å²) in [4.78, 5) is 12.4. The van der Waals surface area contributed by atoms with Gasteiger partial charge in [-0.25, -0.2) is 4.79 Å². The fraction of sp³-hybridized carbons (Fsp3) is 0.583. The summed E-state index contributed by atoms with van der Waals surface area (Å²) in [5.74, 6) is 0.547. The van der Waals surface area contributed by atoms with Crippen LogP contribution in [0.3, 0.4) is 0 Å². The van der Waals surface area contributed by atoms with Crippen LogP contribution in [0.2, 0.25) is 0 Å². The zero-order chi connectivity index (χ0) is 11.8. The number of rotatable bonds is 7. The van der Waals surface area contributed by atoms with E-state index in [9.17, 15) is 4.79 Å². The smallest absolute Gasteiger partial charge is 0.407 e. The maximum Gasteiger partial charge on any atom is 0.407 e. The van der Waals surface area contributed by atoms with Crippen molar-refractivity contribution in [2.24, 2.45) is 11.8 Å². The third-order valence-electron chi connectivity index (χ3n) is 2.44. The van der Waals surface area contributed by atoms with Gasteiger partial charge in [0, 0.05) is 13.1 Å². The number of nitrogens with zero attached hydrogens (tertiary/aromatic N) is 1. The molecule has 0 aliphatic carbocycles. The third kappa shape index (κ3) is 5.94. The van der Waals surface area contributed by atoms with E-state index in [1.165, 1.54) is 4.90 Å². The Labute approximate surface area is 92.1 Å². The van der Waals surface area contributed by atoms with Crippen molar-refractivity contribution in [3.8, 4) is 0 Å². The monoisotopic (exact) mass is 211 g/mol. The van der Waals surface area contributed by atoms with Crippen LogP contribution < -0.4 is 0 Å². The second kappa shape index (κ2) is 7.10. The van der Waals surface area contributed by atoms with Gasteiger partial charge in [-0.2, -0.15) is 0 Å². The highest BCUT2D eigenvalue weighted by molar-refractivity contribution is 5.64. The Morgan fingerprint density at radius 3 is 2.27 bits per heavy atom. The van der Waals surface area contributed by atoms with Gasteiger partial charge in [0.05, 0.1) is 0 Å². The maximum absolute atomic E-state index is 10.9. The summed E-state index contributed by atoms with van der Waals surface area (Å²) in [6, 6.07) is 0. The average Bonchev–Trinajstić information content (AvgIpc) is 2.22. The first-order chi connectivity index (χ1) is 7.01. The molecule has 0 radical (unpaired) electrons. The number of carbonyl (C=O) groups is 1. The highest BCUT2D eigenvalue weighted by Crippen LogP contribution is 2.07. The Balaban J connectivity index is 4.10. The summed E-state index contributed by atoms with van der Waals surface area (Å²) in [5, 5.41) is 8.97. The van der Waals surface area contributed by atoms with Crippen LogP contribution >= 0.6 is 0 Å². The lowest BCUT2D eigenvalue weighted by Gasteiger charge is -2.22. The van der Waals surface area contributed by atoms with Crippen LogP contribution in [0.25, 0.3) is 0 Å². The molecule has 0 aliphatic rings. The zero-order valence-corrected chi connectivity index (χ0v) is 9.65. The van der Waals surface area contributed by atoms with Gasteiger partial charge in [0.1, 0.15) is 0 Å². The predicted molar refractivity (Wildman–Crippen MR) is 62.9 cm³/mol. The van der Waals surface area contributed by atoms with Gasteiger partial charge in [0.25, 0.3) is 0 Å². The molecule has 0 fully saturated rings. The van der Waals surface area contributed by atoms with Gasteiger partial charge in [0.15, 0.2) is 0 Å². The van der Waals surface area contributed by atoms with Gasteiger partial charge in [-0.3, -0.25) is 0 Å². The molecule has 3 heteroatoms. The van der Waals surface area contributed by atoms with Gasteiger partial charge in [-0.1, -0.05) is 26.0 Å². The molecule has 0 heterocycles. The molecular formula is C12H21NO2. The minimum Gasteiger partial charge on any atom is -0.465 e. The van der Waals surface area contributed by atoms with Crippen molar-refractivity contribution in [1.29, 1.82) is 0 Å². The topological polar surface area (TPSA) is 40.5 Å². The summed E-state index contributed by atoms with van der Waals surface area (Å²) in [6.07, 6.45) is 3.57. The molecule has 0 aromatic carbocycles. The number of hydrogen-bond acceptors (Lipinski definition) is 1. The summed E-state index contributed by atoms with van der Waals surface area (Å²) in [6.45, 7) is 12.4. The summed E-state index contributed by atoms with van der Waals surface area (Å²) >= 11 is 0. The Morgan fingerprint density at radius 2 is 1.87 bits per heavy atom. The fourth-order valence-electron chi connectivity index (χ4n) is 1.16. The SMILES string of the molecule is C=CC(C)CCN(CC(C)C=C)C(=O)O. The van der Waals surface area contributed by atoms with E-state index >= 15 is 0 Å². The highest BCUT2D eigenvalue weighted by Gasteiger charge is 2.14. The molecule has 2 atom stereocenters. The van der Waals surface area contributed by atoms with Gasteiger partial charge >= 0.3 is 6.09 Å². The number of hydrogen-bond donors (Lipinski definition) is 1. The summed E-state index contributed by atoms with van der Waals surface area (Å²) in [7, 11) is 0. The Hall–Kier alpha value is -1.25. The number of allylic oxidation sites excluding steroid dienone is 1. The molecule has 0 aromatic heterocycles. The predicted octanol–water partition coefficient (Wildman–Crippen LogP) is 3.00. The van der Waals surface area contributed by atoms with Crippen molar-refractivity contribution in [1.82, 2.24) is 4.90 Å². The van der Waals surface area contributed by atoms with E-state index in [-0.39, 0.29) is 5.92 Å². The van der Waals surface area contributed by atoms with Crippen LogP contribution in [0.4, 0.5) is 4.79 Å². The van der Waals surface area contributed by atoms with Crippen molar-refractivity contribution in [2.45, 2.75) is 20.3 Å². The van der Waals surface area contributed by atoms with Gasteiger partial charge < -0.3 is 10.0 Å². The normalized spacial score (nSPS) is 14.0. The Morgan fingerprint density at radius 1 is 1.33 bits per heavy atom. The lowest BCUT2D eigenvalue weighted by molar-refractivity contribution is 0.139. The molecule has 0 rings (SSSR count). The maximum atomic E-state index is 10.9. The van der Waals surface area contributed by atoms with E-state index in [4.69, 9.17) is 5.11 Å². The standard InChI is InChI=1S/C12H21NO2/c1-5-10(3)7-8-13(12(14)15)9-11(4)6-2/h5-6,10-11H,1-2,7-9H2,3-4H3,(H,14,15). The first-order valence-electron chi connectivity index (χ1n) is 5.24. The van der Waals surface area contributed by atoms with Crippen LogP contribution in [0.5, 0.6) is 0 Å². The minimum atomic E-state index is -0.861. The fourth-order valence-corrected chi connectivity index (χ4v) is 1.16. The summed E-state index contributed by atoms with van der Waals surface area (Å²) < 4.78 is 0. The van der Waals surface area contributed by atoms with Gasteiger partial charge in [-0.15, -0.1) is 13.2 Å². The van der Waals surface area contributed by atoms with Crippen molar-refractivity contribution in [3.63, 3.8) is 0 Å². The Kier molecular flexibility index (Phi) is 6.50. The van der Waals surface area contributed by atoms with Crippen LogP contribution in [0, 0.1) is 11.8 Å². The molecule has 1 amide bonds. The molecule has 0 saturated carbocycles. The van der Waals surface area contributed by atoms with E-state index in [0.29, 0.717) is 19.0 Å². The molecule has 0 aromatic rings. The number of carboxylic acid groups (broad SMARTS) is 1. The second-order valence-corrected chi connectivity index (χ2v) is 3.94. The van der Waals surface area contributed by atoms with Crippen LogP contribution in [-0.2, 0) is 0 Å². The van der Waals surface area contributed by atoms with E-state index in [1.807, 2.05) is 19.9 Å². The molecule has 86 valence electrons. The van der Waals surface area contributed by atoms with Crippen LogP contribution in [0.15, 0.2) is 25.3 Å². The van der Waals surface area contributed by atoms with E-state index in [1.54, 1.807) is 6.08 Å². The van der Waals surface area contributed by atoms with Crippen molar-refractivity contribution in [2.75, 3.05) is 13.1 Å². The molecule has 0 spiro atoms. The van der Waals surface area contributed by atoms with Gasteiger partial charge in [0.2, 0.25) is 0 Å².